The Balaban J connectivity index is 2.25. The number of nitrogens with zero attached hydrogens (tertiary/aromatic N) is 1. The Morgan fingerprint density at radius 2 is 1.88 bits per heavy atom. The molecule has 8 heteroatoms. The molecule has 0 aliphatic heterocycles. The van der Waals surface area contributed by atoms with Crippen molar-refractivity contribution in [2.45, 2.75) is 26.8 Å². The predicted octanol–water partition coefficient (Wildman–Crippen LogP) is 4.46. The minimum atomic E-state index is -0.536. The summed E-state index contributed by atoms with van der Waals surface area (Å²) in [7, 11) is 0. The van der Waals surface area contributed by atoms with Crippen LogP contribution in [0.2, 0.25) is 5.02 Å². The molecule has 168 valence electrons. The van der Waals surface area contributed by atoms with E-state index in [0.29, 0.717) is 12.2 Å². The van der Waals surface area contributed by atoms with Gasteiger partial charge in [0.2, 0.25) is 0 Å². The van der Waals surface area contributed by atoms with Crippen molar-refractivity contribution >= 4 is 29.6 Å². The lowest BCUT2D eigenvalue weighted by atomic mass is 10.1. The molecule has 1 atom stereocenters. The molecule has 0 aliphatic rings. The van der Waals surface area contributed by atoms with E-state index in [4.69, 9.17) is 25.8 Å². The van der Waals surface area contributed by atoms with Crippen molar-refractivity contribution in [3.05, 3.63) is 64.2 Å². The first-order valence-corrected chi connectivity index (χ1v) is 10.5. The lowest BCUT2D eigenvalue weighted by Gasteiger charge is -2.15. The van der Waals surface area contributed by atoms with Gasteiger partial charge in [0.05, 0.1) is 24.3 Å². The van der Waals surface area contributed by atoms with Crippen LogP contribution < -0.4 is 14.8 Å². The third-order valence-corrected chi connectivity index (χ3v) is 4.58. The molecule has 0 saturated carbocycles. The quantitative estimate of drug-likeness (QED) is 0.322. The molecule has 0 saturated heterocycles. The summed E-state index contributed by atoms with van der Waals surface area (Å²) in [6.45, 7) is 5.54. The van der Waals surface area contributed by atoms with Gasteiger partial charge in [0, 0.05) is 0 Å². The average molecular weight is 457 g/mol. The van der Waals surface area contributed by atoms with Crippen molar-refractivity contribution in [3.63, 3.8) is 0 Å². The topological polar surface area (TPSA) is 97.7 Å². The lowest BCUT2D eigenvalue weighted by Crippen LogP contribution is -2.27. The SMILES string of the molecule is CCOC(=O)COc1c(Cl)cc(/C=C(/C#N)C(=O)N[C@H](C)c2ccccc2)cc1OCC. The molecule has 0 fully saturated rings. The Hall–Kier alpha value is -3.50. The van der Waals surface area contributed by atoms with E-state index in [2.05, 4.69) is 5.32 Å². The van der Waals surface area contributed by atoms with Crippen LogP contribution in [0.1, 0.15) is 37.9 Å². The highest BCUT2D eigenvalue weighted by Crippen LogP contribution is 2.37. The fraction of sp³-hybridized carbons (Fsp3) is 0.292. The highest BCUT2D eigenvalue weighted by atomic mass is 35.5. The highest BCUT2D eigenvalue weighted by molar-refractivity contribution is 6.32. The average Bonchev–Trinajstić information content (AvgIpc) is 2.77. The molecule has 0 bridgehead atoms. The minimum absolute atomic E-state index is 0.0912. The van der Waals surface area contributed by atoms with E-state index in [1.165, 1.54) is 12.1 Å². The summed E-state index contributed by atoms with van der Waals surface area (Å²) in [6.07, 6.45) is 1.41. The van der Waals surface area contributed by atoms with E-state index in [1.54, 1.807) is 19.9 Å². The van der Waals surface area contributed by atoms with Gasteiger partial charge in [0.25, 0.3) is 5.91 Å². The molecule has 0 aromatic heterocycles. The number of ether oxygens (including phenoxy) is 3. The lowest BCUT2D eigenvalue weighted by molar-refractivity contribution is -0.145. The van der Waals surface area contributed by atoms with Crippen molar-refractivity contribution < 1.29 is 23.8 Å². The van der Waals surface area contributed by atoms with Crippen LogP contribution in [0.15, 0.2) is 48.0 Å². The molecular weight excluding hydrogens is 432 g/mol. The van der Waals surface area contributed by atoms with E-state index in [0.717, 1.165) is 5.56 Å². The van der Waals surface area contributed by atoms with Crippen LogP contribution in [-0.2, 0) is 14.3 Å². The van der Waals surface area contributed by atoms with Gasteiger partial charge >= 0.3 is 5.97 Å². The standard InChI is InChI=1S/C24H25ClN2O5/c1-4-30-21-13-17(12-20(25)23(21)32-15-22(28)31-5-2)11-19(14-26)24(29)27-16(3)18-9-7-6-8-10-18/h6-13,16H,4-5,15H2,1-3H3,(H,27,29)/b19-11-/t16-/m1/s1. The largest absolute Gasteiger partial charge is 0.490 e. The van der Waals surface area contributed by atoms with Crippen LogP contribution in [0.3, 0.4) is 0 Å². The number of carbonyl (C=O) groups excluding carboxylic acids is 2. The molecule has 2 rings (SSSR count). The molecular formula is C24H25ClN2O5. The van der Waals surface area contributed by atoms with Gasteiger partial charge in [0.1, 0.15) is 11.6 Å². The monoisotopic (exact) mass is 456 g/mol. The van der Waals surface area contributed by atoms with E-state index < -0.39 is 11.9 Å². The van der Waals surface area contributed by atoms with Gasteiger partial charge in [-0.25, -0.2) is 4.79 Å². The van der Waals surface area contributed by atoms with Crippen LogP contribution in [0.5, 0.6) is 11.5 Å². The zero-order chi connectivity index (χ0) is 23.5. The molecule has 32 heavy (non-hydrogen) atoms. The molecule has 0 unspecified atom stereocenters. The number of carbonyl (C=O) groups is 2. The van der Waals surface area contributed by atoms with Gasteiger partial charge in [-0.05, 0) is 50.1 Å². The van der Waals surface area contributed by atoms with Crippen LogP contribution in [0.25, 0.3) is 6.08 Å². The van der Waals surface area contributed by atoms with Crippen molar-refractivity contribution in [1.29, 1.82) is 5.26 Å². The summed E-state index contributed by atoms with van der Waals surface area (Å²) in [5, 5.41) is 12.5. The fourth-order valence-corrected chi connectivity index (χ4v) is 3.10. The van der Waals surface area contributed by atoms with Crippen LogP contribution in [0, 0.1) is 11.3 Å². The molecule has 0 radical (unpaired) electrons. The first kappa shape index (κ1) is 24.8. The Kier molecular flexibility index (Phi) is 9.58. The summed E-state index contributed by atoms with van der Waals surface area (Å²) >= 11 is 6.33. The zero-order valence-corrected chi connectivity index (χ0v) is 18.9. The maximum Gasteiger partial charge on any atom is 0.344 e. The summed E-state index contributed by atoms with van der Waals surface area (Å²) in [6, 6.07) is 14.2. The van der Waals surface area contributed by atoms with Gasteiger partial charge in [-0.1, -0.05) is 41.9 Å². The van der Waals surface area contributed by atoms with E-state index in [-0.39, 0.29) is 41.4 Å². The highest BCUT2D eigenvalue weighted by Gasteiger charge is 2.17. The molecule has 0 aliphatic carbocycles. The van der Waals surface area contributed by atoms with Gasteiger partial charge in [0.15, 0.2) is 18.1 Å². The second-order valence-electron chi connectivity index (χ2n) is 6.63. The Morgan fingerprint density at radius 3 is 2.50 bits per heavy atom. The van der Waals surface area contributed by atoms with Crippen LogP contribution in [-0.4, -0.2) is 31.7 Å². The maximum atomic E-state index is 12.6. The number of nitrogens with one attached hydrogen (secondary N) is 1. The van der Waals surface area contributed by atoms with E-state index in [1.807, 2.05) is 43.3 Å². The molecule has 2 aromatic carbocycles. The smallest absolute Gasteiger partial charge is 0.344 e. The molecule has 2 aromatic rings. The van der Waals surface area contributed by atoms with Gasteiger partial charge in [-0.3, -0.25) is 4.79 Å². The normalized spacial score (nSPS) is 11.8. The fourth-order valence-electron chi connectivity index (χ4n) is 2.82. The number of nitriles is 1. The molecule has 7 nitrogen and oxygen atoms in total. The van der Waals surface area contributed by atoms with Crippen LogP contribution in [0.4, 0.5) is 0 Å². The minimum Gasteiger partial charge on any atom is -0.490 e. The second kappa shape index (κ2) is 12.4. The number of hydrogen-bond acceptors (Lipinski definition) is 6. The summed E-state index contributed by atoms with van der Waals surface area (Å²) in [5.74, 6) is -0.586. The van der Waals surface area contributed by atoms with Gasteiger partial charge < -0.3 is 19.5 Å². The number of hydrogen-bond donors (Lipinski definition) is 1. The number of esters is 1. The summed E-state index contributed by atoms with van der Waals surface area (Å²) in [5.41, 5.74) is 1.30. The predicted molar refractivity (Wildman–Crippen MR) is 121 cm³/mol. The summed E-state index contributed by atoms with van der Waals surface area (Å²) in [4.78, 5) is 24.2. The third kappa shape index (κ3) is 7.03. The van der Waals surface area contributed by atoms with E-state index >= 15 is 0 Å². The van der Waals surface area contributed by atoms with Crippen molar-refractivity contribution in [1.82, 2.24) is 5.32 Å². The zero-order valence-electron chi connectivity index (χ0n) is 18.2. The van der Waals surface area contributed by atoms with Gasteiger partial charge in [-0.2, -0.15) is 5.26 Å². The molecule has 0 heterocycles. The first-order chi connectivity index (χ1) is 15.4. The third-order valence-electron chi connectivity index (χ3n) is 4.29. The van der Waals surface area contributed by atoms with Crippen molar-refractivity contribution in [3.8, 4) is 17.6 Å². The number of halogens is 1. The Bertz CT molecular complexity index is 1020. The number of amides is 1. The Morgan fingerprint density at radius 1 is 1.16 bits per heavy atom. The summed E-state index contributed by atoms with van der Waals surface area (Å²) < 4.78 is 15.9. The molecule has 0 spiro atoms. The second-order valence-corrected chi connectivity index (χ2v) is 7.04. The van der Waals surface area contributed by atoms with Crippen LogP contribution >= 0.6 is 11.6 Å². The van der Waals surface area contributed by atoms with Crippen molar-refractivity contribution in [2.75, 3.05) is 19.8 Å². The molecule has 1 amide bonds. The first-order valence-electron chi connectivity index (χ1n) is 10.1. The number of rotatable bonds is 10. The maximum absolute atomic E-state index is 12.6. The van der Waals surface area contributed by atoms with Gasteiger partial charge in [-0.15, -0.1) is 0 Å². The molecule has 1 N–H and O–H groups in total. The number of benzene rings is 2. The van der Waals surface area contributed by atoms with Crippen molar-refractivity contribution in [2.24, 2.45) is 0 Å². The Labute approximate surface area is 192 Å². The van der Waals surface area contributed by atoms with E-state index in [9.17, 15) is 14.9 Å².